The van der Waals surface area contributed by atoms with Crippen molar-refractivity contribution in [3.05, 3.63) is 0 Å². The first kappa shape index (κ1) is 17.4. The number of rotatable bonds is 3. The molecule has 94 valence electrons. The SMILES string of the molecule is CN1C(C)(C)CC(OCC(=O)[O-])CC1(C)C.[Na+]. The maximum Gasteiger partial charge on any atom is 1.00 e. The summed E-state index contributed by atoms with van der Waals surface area (Å²) in [4.78, 5) is 12.7. The number of carbonyl (C=O) groups is 1. The first-order chi connectivity index (χ1) is 7.15. The first-order valence-electron chi connectivity index (χ1n) is 5.70. The Labute approximate surface area is 126 Å². The molecule has 1 aliphatic heterocycles. The third kappa shape index (κ3) is 4.52. The van der Waals surface area contributed by atoms with Crippen molar-refractivity contribution in [3.8, 4) is 0 Å². The van der Waals surface area contributed by atoms with Gasteiger partial charge in [-0.3, -0.25) is 4.90 Å². The summed E-state index contributed by atoms with van der Waals surface area (Å²) in [6, 6.07) is 0. The Balaban J connectivity index is 0.00000256. The van der Waals surface area contributed by atoms with Gasteiger partial charge in [-0.2, -0.15) is 0 Å². The average molecular weight is 251 g/mol. The van der Waals surface area contributed by atoms with Crippen LogP contribution in [0.1, 0.15) is 40.5 Å². The smallest absolute Gasteiger partial charge is 0.548 e. The van der Waals surface area contributed by atoms with Gasteiger partial charge in [0, 0.05) is 11.1 Å². The second-order valence-corrected chi connectivity index (χ2v) is 5.90. The number of hydrogen-bond acceptors (Lipinski definition) is 4. The molecule has 0 N–H and O–H groups in total. The van der Waals surface area contributed by atoms with Gasteiger partial charge in [-0.15, -0.1) is 0 Å². The minimum Gasteiger partial charge on any atom is -0.548 e. The van der Waals surface area contributed by atoms with E-state index in [1.807, 2.05) is 0 Å². The van der Waals surface area contributed by atoms with E-state index in [9.17, 15) is 9.90 Å². The van der Waals surface area contributed by atoms with E-state index in [1.54, 1.807) is 0 Å². The number of carboxylic acids is 1. The van der Waals surface area contributed by atoms with Crippen molar-refractivity contribution in [1.82, 2.24) is 4.90 Å². The van der Waals surface area contributed by atoms with Gasteiger partial charge in [0.15, 0.2) is 0 Å². The predicted molar refractivity (Wildman–Crippen MR) is 59.9 cm³/mol. The molecule has 1 aliphatic rings. The zero-order valence-electron chi connectivity index (χ0n) is 11.9. The summed E-state index contributed by atoms with van der Waals surface area (Å²) in [5.41, 5.74) is 0.0523. The molecule has 0 atom stereocenters. The van der Waals surface area contributed by atoms with Crippen LogP contribution >= 0.6 is 0 Å². The van der Waals surface area contributed by atoms with Gasteiger partial charge in [0.2, 0.25) is 0 Å². The molecule has 0 aromatic carbocycles. The van der Waals surface area contributed by atoms with Crippen LogP contribution in [0.3, 0.4) is 0 Å². The van der Waals surface area contributed by atoms with Crippen LogP contribution in [0.4, 0.5) is 0 Å². The minimum atomic E-state index is -1.14. The molecule has 0 aromatic rings. The fourth-order valence-electron chi connectivity index (χ4n) is 2.58. The molecule has 17 heavy (non-hydrogen) atoms. The van der Waals surface area contributed by atoms with Crippen LogP contribution in [0.15, 0.2) is 0 Å². The van der Waals surface area contributed by atoms with Gasteiger partial charge in [0.1, 0.15) is 0 Å². The zero-order valence-corrected chi connectivity index (χ0v) is 13.9. The van der Waals surface area contributed by atoms with Gasteiger partial charge >= 0.3 is 29.6 Å². The van der Waals surface area contributed by atoms with E-state index in [1.165, 1.54) is 0 Å². The second-order valence-electron chi connectivity index (χ2n) is 5.90. The molecule has 0 bridgehead atoms. The Morgan fingerprint density at radius 1 is 1.29 bits per heavy atom. The van der Waals surface area contributed by atoms with Crippen molar-refractivity contribution < 1.29 is 44.2 Å². The molecule has 1 heterocycles. The Morgan fingerprint density at radius 3 is 2.06 bits per heavy atom. The third-order valence-corrected chi connectivity index (χ3v) is 3.71. The van der Waals surface area contributed by atoms with Crippen LogP contribution in [-0.2, 0) is 9.53 Å². The first-order valence-corrected chi connectivity index (χ1v) is 5.70. The summed E-state index contributed by atoms with van der Waals surface area (Å²) in [6.45, 7) is 8.32. The third-order valence-electron chi connectivity index (χ3n) is 3.71. The molecular weight excluding hydrogens is 229 g/mol. The van der Waals surface area contributed by atoms with Crippen molar-refractivity contribution in [2.45, 2.75) is 57.7 Å². The van der Waals surface area contributed by atoms with Crippen LogP contribution in [0, 0.1) is 0 Å². The molecule has 1 rings (SSSR count). The molecule has 0 unspecified atom stereocenters. The molecule has 0 aliphatic carbocycles. The normalized spacial score (nSPS) is 24.1. The number of likely N-dealkylation sites (tertiary alicyclic amines) is 1. The maximum absolute atomic E-state index is 10.4. The number of carboxylic acid groups (broad SMARTS) is 1. The molecular formula is C12H22NNaO3. The number of aliphatic carboxylic acids is 1. The summed E-state index contributed by atoms with van der Waals surface area (Å²) < 4.78 is 5.38. The summed E-state index contributed by atoms with van der Waals surface area (Å²) in [5.74, 6) is -1.14. The maximum atomic E-state index is 10.4. The molecule has 5 heteroatoms. The van der Waals surface area contributed by atoms with E-state index in [2.05, 4.69) is 39.6 Å². The fraction of sp³-hybridized carbons (Fsp3) is 0.917. The number of hydrogen-bond donors (Lipinski definition) is 0. The van der Waals surface area contributed by atoms with Crippen LogP contribution < -0.4 is 34.7 Å². The predicted octanol–water partition coefficient (Wildman–Crippen LogP) is -2.59. The Kier molecular flexibility index (Phi) is 6.16. The van der Waals surface area contributed by atoms with Crippen LogP contribution in [0.5, 0.6) is 0 Å². The molecule has 1 fully saturated rings. The molecule has 0 spiro atoms. The molecule has 0 aromatic heterocycles. The van der Waals surface area contributed by atoms with Crippen molar-refractivity contribution in [2.75, 3.05) is 13.7 Å². The monoisotopic (exact) mass is 251 g/mol. The molecule has 4 nitrogen and oxygen atoms in total. The summed E-state index contributed by atoms with van der Waals surface area (Å²) >= 11 is 0. The largest absolute Gasteiger partial charge is 1.00 e. The van der Waals surface area contributed by atoms with Crippen molar-refractivity contribution in [1.29, 1.82) is 0 Å². The second kappa shape index (κ2) is 6.02. The van der Waals surface area contributed by atoms with Gasteiger partial charge in [-0.25, -0.2) is 0 Å². The standard InChI is InChI=1S/C12H23NO3.Na/c1-11(2)6-9(16-8-10(14)15)7-12(3,4)13(11)5;/h9H,6-8H2,1-5H3,(H,14,15);/q;+1/p-1. The summed E-state index contributed by atoms with van der Waals surface area (Å²) in [7, 11) is 2.11. The number of carbonyl (C=O) groups excluding carboxylic acids is 1. The van der Waals surface area contributed by atoms with Gasteiger partial charge in [0.25, 0.3) is 0 Å². The fourth-order valence-corrected chi connectivity index (χ4v) is 2.58. The number of nitrogens with zero attached hydrogens (tertiary/aromatic N) is 1. The van der Waals surface area contributed by atoms with Crippen LogP contribution in [-0.4, -0.2) is 41.7 Å². The van der Waals surface area contributed by atoms with Gasteiger partial charge < -0.3 is 14.6 Å². The van der Waals surface area contributed by atoms with Crippen molar-refractivity contribution in [3.63, 3.8) is 0 Å². The number of piperidine rings is 1. The van der Waals surface area contributed by atoms with E-state index in [0.717, 1.165) is 12.8 Å². The van der Waals surface area contributed by atoms with Crippen molar-refractivity contribution in [2.24, 2.45) is 0 Å². The van der Waals surface area contributed by atoms with Gasteiger partial charge in [-0.1, -0.05) is 0 Å². The zero-order chi connectivity index (χ0) is 12.6. The van der Waals surface area contributed by atoms with E-state index < -0.39 is 5.97 Å². The quantitative estimate of drug-likeness (QED) is 0.517. The van der Waals surface area contributed by atoms with E-state index in [-0.39, 0.29) is 53.3 Å². The minimum absolute atomic E-state index is 0. The topological polar surface area (TPSA) is 52.6 Å². The Bertz CT molecular complexity index is 261. The Morgan fingerprint density at radius 2 is 1.71 bits per heavy atom. The molecule has 1 saturated heterocycles. The summed E-state index contributed by atoms with van der Waals surface area (Å²) in [6.07, 6.45) is 1.69. The van der Waals surface area contributed by atoms with Crippen LogP contribution in [0.2, 0.25) is 0 Å². The van der Waals surface area contributed by atoms with Crippen molar-refractivity contribution >= 4 is 5.97 Å². The van der Waals surface area contributed by atoms with Gasteiger partial charge in [0.05, 0.1) is 18.7 Å². The average Bonchev–Trinajstić information content (AvgIpc) is 2.10. The van der Waals surface area contributed by atoms with E-state index in [4.69, 9.17) is 4.74 Å². The molecule has 0 radical (unpaired) electrons. The molecule has 0 amide bonds. The Hall–Kier alpha value is 0.390. The van der Waals surface area contributed by atoms with Crippen LogP contribution in [0.25, 0.3) is 0 Å². The van der Waals surface area contributed by atoms with E-state index in [0.29, 0.717) is 0 Å². The van der Waals surface area contributed by atoms with E-state index >= 15 is 0 Å². The van der Waals surface area contributed by atoms with Gasteiger partial charge in [-0.05, 0) is 47.6 Å². The molecule has 0 saturated carbocycles. The number of ether oxygens (including phenoxy) is 1. The summed E-state index contributed by atoms with van der Waals surface area (Å²) in [5, 5.41) is 10.4.